The number of aryl methyl sites for hydroxylation is 1. The standard InChI is InChI=1S/C13H20N2O2S2/c1-2-10-5-6-11(14)8-13(10)19(16,17)15-12-4-3-7-18-9-12/h5-6,8,12,15H,2-4,7,9,14H2,1H3. The van der Waals surface area contributed by atoms with Crippen molar-refractivity contribution in [2.45, 2.75) is 37.1 Å². The van der Waals surface area contributed by atoms with Crippen molar-refractivity contribution in [2.75, 3.05) is 17.2 Å². The molecule has 19 heavy (non-hydrogen) atoms. The van der Waals surface area contributed by atoms with Crippen LogP contribution in [0.25, 0.3) is 0 Å². The second kappa shape index (κ2) is 6.15. The van der Waals surface area contributed by atoms with E-state index in [0.717, 1.165) is 29.9 Å². The summed E-state index contributed by atoms with van der Waals surface area (Å²) < 4.78 is 27.7. The number of nitrogens with one attached hydrogen (secondary N) is 1. The SMILES string of the molecule is CCc1ccc(N)cc1S(=O)(=O)NC1CCCSC1. The average molecular weight is 300 g/mol. The molecule has 6 heteroatoms. The van der Waals surface area contributed by atoms with Crippen LogP contribution < -0.4 is 10.5 Å². The number of anilines is 1. The summed E-state index contributed by atoms with van der Waals surface area (Å²) in [7, 11) is -3.47. The molecule has 0 aliphatic carbocycles. The van der Waals surface area contributed by atoms with Gasteiger partial charge in [0.2, 0.25) is 10.0 Å². The molecule has 0 amide bonds. The van der Waals surface area contributed by atoms with Gasteiger partial charge in [-0.1, -0.05) is 13.0 Å². The number of nitrogen functional groups attached to an aromatic ring is 1. The summed E-state index contributed by atoms with van der Waals surface area (Å²) in [5.41, 5.74) is 7.01. The fraction of sp³-hybridized carbons (Fsp3) is 0.538. The highest BCUT2D eigenvalue weighted by Crippen LogP contribution is 2.23. The molecular weight excluding hydrogens is 280 g/mol. The van der Waals surface area contributed by atoms with E-state index in [1.54, 1.807) is 30.0 Å². The first kappa shape index (κ1) is 14.7. The van der Waals surface area contributed by atoms with Crippen molar-refractivity contribution in [2.24, 2.45) is 0 Å². The molecule has 0 radical (unpaired) electrons. The third kappa shape index (κ3) is 3.64. The summed E-state index contributed by atoms with van der Waals surface area (Å²) >= 11 is 1.80. The van der Waals surface area contributed by atoms with Crippen LogP contribution >= 0.6 is 11.8 Å². The van der Waals surface area contributed by atoms with E-state index in [-0.39, 0.29) is 6.04 Å². The topological polar surface area (TPSA) is 72.2 Å². The molecule has 1 unspecified atom stereocenters. The van der Waals surface area contributed by atoms with Crippen LogP contribution in [-0.2, 0) is 16.4 Å². The summed E-state index contributed by atoms with van der Waals surface area (Å²) in [5.74, 6) is 1.97. The Balaban J connectivity index is 2.25. The van der Waals surface area contributed by atoms with Crippen LogP contribution in [0.4, 0.5) is 5.69 Å². The summed E-state index contributed by atoms with van der Waals surface area (Å²) in [4.78, 5) is 0.325. The molecule has 0 bridgehead atoms. The van der Waals surface area contributed by atoms with Gasteiger partial charge in [0.05, 0.1) is 4.90 Å². The first-order chi connectivity index (χ1) is 9.03. The minimum Gasteiger partial charge on any atom is -0.399 e. The molecule has 1 atom stereocenters. The molecule has 2 rings (SSSR count). The van der Waals surface area contributed by atoms with E-state index in [9.17, 15) is 8.42 Å². The largest absolute Gasteiger partial charge is 0.399 e. The zero-order valence-electron chi connectivity index (χ0n) is 11.1. The molecule has 1 saturated heterocycles. The number of hydrogen-bond donors (Lipinski definition) is 2. The lowest BCUT2D eigenvalue weighted by molar-refractivity contribution is 0.542. The molecule has 0 spiro atoms. The van der Waals surface area contributed by atoms with Gasteiger partial charge in [0.25, 0.3) is 0 Å². The second-order valence-corrected chi connectivity index (χ2v) is 7.59. The van der Waals surface area contributed by atoms with Gasteiger partial charge in [-0.3, -0.25) is 0 Å². The predicted octanol–water partition coefficient (Wildman–Crippen LogP) is 2.01. The van der Waals surface area contributed by atoms with Crippen molar-refractivity contribution in [3.8, 4) is 0 Å². The zero-order valence-corrected chi connectivity index (χ0v) is 12.7. The highest BCUT2D eigenvalue weighted by Gasteiger charge is 2.24. The fourth-order valence-corrected chi connectivity index (χ4v) is 5.02. The van der Waals surface area contributed by atoms with Gasteiger partial charge in [0, 0.05) is 17.5 Å². The Hall–Kier alpha value is -0.720. The number of thioether (sulfide) groups is 1. The van der Waals surface area contributed by atoms with Gasteiger partial charge >= 0.3 is 0 Å². The van der Waals surface area contributed by atoms with Crippen molar-refractivity contribution in [3.63, 3.8) is 0 Å². The first-order valence-corrected chi connectivity index (χ1v) is 9.15. The molecule has 0 aromatic heterocycles. The van der Waals surface area contributed by atoms with Gasteiger partial charge in [-0.05, 0) is 42.7 Å². The average Bonchev–Trinajstić information content (AvgIpc) is 2.39. The molecule has 106 valence electrons. The maximum atomic E-state index is 12.5. The third-order valence-corrected chi connectivity index (χ3v) is 6.06. The lowest BCUT2D eigenvalue weighted by Gasteiger charge is -2.23. The minimum atomic E-state index is -3.47. The van der Waals surface area contributed by atoms with E-state index < -0.39 is 10.0 Å². The smallest absolute Gasteiger partial charge is 0.241 e. The first-order valence-electron chi connectivity index (χ1n) is 6.51. The van der Waals surface area contributed by atoms with E-state index in [1.807, 2.05) is 6.92 Å². The fourth-order valence-electron chi connectivity index (χ4n) is 2.23. The van der Waals surface area contributed by atoms with E-state index in [4.69, 9.17) is 5.73 Å². The van der Waals surface area contributed by atoms with Crippen LogP contribution in [0.1, 0.15) is 25.3 Å². The Morgan fingerprint density at radius 2 is 2.26 bits per heavy atom. The van der Waals surface area contributed by atoms with E-state index in [2.05, 4.69) is 4.72 Å². The van der Waals surface area contributed by atoms with Gasteiger partial charge < -0.3 is 5.73 Å². The molecule has 1 aliphatic rings. The third-order valence-electron chi connectivity index (χ3n) is 3.24. The Labute approximate surface area is 119 Å². The van der Waals surface area contributed by atoms with Gasteiger partial charge in [0.15, 0.2) is 0 Å². The van der Waals surface area contributed by atoms with Crippen molar-refractivity contribution in [3.05, 3.63) is 23.8 Å². The monoisotopic (exact) mass is 300 g/mol. The molecule has 3 N–H and O–H groups in total. The lowest BCUT2D eigenvalue weighted by atomic mass is 10.1. The molecule has 1 fully saturated rings. The summed E-state index contributed by atoms with van der Waals surface area (Å²) in [5, 5.41) is 0. The van der Waals surface area contributed by atoms with Crippen molar-refractivity contribution < 1.29 is 8.42 Å². The van der Waals surface area contributed by atoms with Gasteiger partial charge in [-0.15, -0.1) is 0 Å². The summed E-state index contributed by atoms with van der Waals surface area (Å²) in [6.07, 6.45) is 2.65. The number of rotatable bonds is 4. The van der Waals surface area contributed by atoms with Crippen molar-refractivity contribution in [1.82, 2.24) is 4.72 Å². The van der Waals surface area contributed by atoms with Crippen molar-refractivity contribution >= 4 is 27.5 Å². The van der Waals surface area contributed by atoms with Crippen LogP contribution in [-0.4, -0.2) is 26.0 Å². The molecule has 0 saturated carbocycles. The molecule has 4 nitrogen and oxygen atoms in total. The van der Waals surface area contributed by atoms with Crippen LogP contribution in [0.5, 0.6) is 0 Å². The van der Waals surface area contributed by atoms with Crippen LogP contribution in [0.2, 0.25) is 0 Å². The van der Waals surface area contributed by atoms with Crippen LogP contribution in [0, 0.1) is 0 Å². The van der Waals surface area contributed by atoms with Crippen LogP contribution in [0.3, 0.4) is 0 Å². The van der Waals surface area contributed by atoms with Gasteiger partial charge in [-0.25, -0.2) is 13.1 Å². The second-order valence-electron chi connectivity index (χ2n) is 4.76. The number of sulfonamides is 1. The molecular formula is C13H20N2O2S2. The number of nitrogens with two attached hydrogens (primary N) is 1. The maximum absolute atomic E-state index is 12.5. The van der Waals surface area contributed by atoms with E-state index >= 15 is 0 Å². The minimum absolute atomic E-state index is 0.0369. The predicted molar refractivity (Wildman–Crippen MR) is 80.9 cm³/mol. The quantitative estimate of drug-likeness (QED) is 0.834. The van der Waals surface area contributed by atoms with E-state index in [1.165, 1.54) is 0 Å². The molecule has 1 aromatic rings. The Bertz CT molecular complexity index is 538. The Morgan fingerprint density at radius 1 is 1.47 bits per heavy atom. The Kier molecular flexibility index (Phi) is 4.76. The Morgan fingerprint density at radius 3 is 2.89 bits per heavy atom. The molecule has 1 aromatic carbocycles. The van der Waals surface area contributed by atoms with E-state index in [0.29, 0.717) is 17.0 Å². The van der Waals surface area contributed by atoms with Crippen LogP contribution in [0.15, 0.2) is 23.1 Å². The van der Waals surface area contributed by atoms with Crippen molar-refractivity contribution in [1.29, 1.82) is 0 Å². The highest BCUT2D eigenvalue weighted by molar-refractivity contribution is 7.99. The lowest BCUT2D eigenvalue weighted by Crippen LogP contribution is -2.38. The molecule has 1 heterocycles. The van der Waals surface area contributed by atoms with Gasteiger partial charge in [0.1, 0.15) is 0 Å². The zero-order chi connectivity index (χ0) is 13.9. The summed E-state index contributed by atoms with van der Waals surface area (Å²) in [6, 6.07) is 5.13. The number of benzene rings is 1. The highest BCUT2D eigenvalue weighted by atomic mass is 32.2. The maximum Gasteiger partial charge on any atom is 0.241 e. The summed E-state index contributed by atoms with van der Waals surface area (Å²) in [6.45, 7) is 1.95. The number of hydrogen-bond acceptors (Lipinski definition) is 4. The molecule has 1 aliphatic heterocycles. The van der Waals surface area contributed by atoms with Gasteiger partial charge in [-0.2, -0.15) is 11.8 Å². The normalized spacial score (nSPS) is 20.4.